The molecule has 9 nitrogen and oxygen atoms in total. The smallest absolute Gasteiger partial charge is 0.305 e. The van der Waals surface area contributed by atoms with Crippen molar-refractivity contribution in [3.63, 3.8) is 0 Å². The van der Waals surface area contributed by atoms with Gasteiger partial charge in [-0.3, -0.25) is 9.59 Å². The molecule has 1 fully saturated rings. The van der Waals surface area contributed by atoms with Crippen molar-refractivity contribution in [1.82, 2.24) is 4.90 Å². The number of rotatable bonds is 5. The quantitative estimate of drug-likeness (QED) is 0.734. The van der Waals surface area contributed by atoms with Gasteiger partial charge in [-0.15, -0.1) is 0 Å². The molecule has 1 aliphatic heterocycles. The van der Waals surface area contributed by atoms with Crippen LogP contribution in [0.15, 0.2) is 23.1 Å². The summed E-state index contributed by atoms with van der Waals surface area (Å²) in [4.78, 5) is 24.9. The van der Waals surface area contributed by atoms with E-state index in [2.05, 4.69) is 0 Å². The second-order valence-electron chi connectivity index (χ2n) is 5.23. The van der Waals surface area contributed by atoms with E-state index in [9.17, 15) is 18.0 Å². The van der Waals surface area contributed by atoms with Gasteiger partial charge in [-0.05, 0) is 18.2 Å². The molecule has 0 bridgehead atoms. The van der Waals surface area contributed by atoms with Crippen LogP contribution in [0.1, 0.15) is 16.8 Å². The zero-order valence-electron chi connectivity index (χ0n) is 13.0. The minimum atomic E-state index is -3.99. The number of carboxylic acid groups (broad SMARTS) is 1. The average Bonchev–Trinajstić information content (AvgIpc) is 2.52. The first-order valence-electron chi connectivity index (χ1n) is 7.05. The van der Waals surface area contributed by atoms with E-state index >= 15 is 0 Å². The Morgan fingerprint density at radius 2 is 2.17 bits per heavy atom. The highest BCUT2D eigenvalue weighted by molar-refractivity contribution is 7.89. The Balaban J connectivity index is 2.41. The van der Waals surface area contributed by atoms with E-state index in [1.807, 2.05) is 0 Å². The minimum absolute atomic E-state index is 0.00122. The Kier molecular flexibility index (Phi) is 5.42. The number of carbonyl (C=O) groups excluding carboxylic acids is 1. The number of carbonyl (C=O) groups is 2. The van der Waals surface area contributed by atoms with Gasteiger partial charge in [0.15, 0.2) is 0 Å². The Morgan fingerprint density at radius 1 is 1.46 bits per heavy atom. The highest BCUT2D eigenvalue weighted by atomic mass is 32.2. The zero-order valence-corrected chi connectivity index (χ0v) is 13.8. The number of carboxylic acids is 1. The number of hydrogen-bond acceptors (Lipinski definition) is 6. The molecule has 1 aromatic carbocycles. The monoisotopic (exact) mass is 358 g/mol. The lowest BCUT2D eigenvalue weighted by Crippen LogP contribution is -2.49. The van der Waals surface area contributed by atoms with E-state index in [0.717, 1.165) is 6.07 Å². The fourth-order valence-corrected chi connectivity index (χ4v) is 3.02. The van der Waals surface area contributed by atoms with Gasteiger partial charge in [-0.1, -0.05) is 0 Å². The molecule has 1 atom stereocenters. The van der Waals surface area contributed by atoms with Crippen LogP contribution in [0.25, 0.3) is 0 Å². The lowest BCUT2D eigenvalue weighted by Gasteiger charge is -2.35. The van der Waals surface area contributed by atoms with Crippen molar-refractivity contribution in [2.24, 2.45) is 5.14 Å². The van der Waals surface area contributed by atoms with Crippen LogP contribution in [0.2, 0.25) is 0 Å². The van der Waals surface area contributed by atoms with Gasteiger partial charge in [0.2, 0.25) is 10.0 Å². The maximum Gasteiger partial charge on any atom is 0.305 e. The first-order chi connectivity index (χ1) is 11.2. The number of ether oxygens (including phenoxy) is 2. The van der Waals surface area contributed by atoms with Crippen molar-refractivity contribution in [1.29, 1.82) is 0 Å². The van der Waals surface area contributed by atoms with Crippen LogP contribution < -0.4 is 9.88 Å². The van der Waals surface area contributed by atoms with Gasteiger partial charge in [0.25, 0.3) is 5.91 Å². The molecule has 2 rings (SSSR count). The summed E-state index contributed by atoms with van der Waals surface area (Å²) in [6.07, 6.45) is -0.275. The molecule has 1 saturated heterocycles. The van der Waals surface area contributed by atoms with E-state index in [1.165, 1.54) is 24.1 Å². The highest BCUT2D eigenvalue weighted by Gasteiger charge is 2.31. The third kappa shape index (κ3) is 4.02. The van der Waals surface area contributed by atoms with Gasteiger partial charge < -0.3 is 19.5 Å². The first kappa shape index (κ1) is 18.2. The van der Waals surface area contributed by atoms with Crippen molar-refractivity contribution >= 4 is 21.9 Å². The van der Waals surface area contributed by atoms with Gasteiger partial charge in [0.05, 0.1) is 43.2 Å². The summed E-state index contributed by atoms with van der Waals surface area (Å²) in [5, 5.41) is 14.1. The van der Waals surface area contributed by atoms with E-state index in [4.69, 9.17) is 19.7 Å². The van der Waals surface area contributed by atoms with Crippen LogP contribution in [-0.4, -0.2) is 63.2 Å². The van der Waals surface area contributed by atoms with E-state index in [0.29, 0.717) is 0 Å². The number of hydrogen-bond donors (Lipinski definition) is 2. The van der Waals surface area contributed by atoms with Gasteiger partial charge in [0.1, 0.15) is 5.75 Å². The third-order valence-corrected chi connectivity index (χ3v) is 4.54. The Hall–Kier alpha value is -2.17. The molecule has 0 saturated carbocycles. The molecule has 10 heteroatoms. The Bertz CT molecular complexity index is 747. The number of aliphatic carboxylic acids is 1. The fraction of sp³-hybridized carbons (Fsp3) is 0.429. The van der Waals surface area contributed by atoms with Crippen LogP contribution in [0.4, 0.5) is 0 Å². The molecule has 0 radical (unpaired) electrons. The summed E-state index contributed by atoms with van der Waals surface area (Å²) in [6, 6.07) is 3.05. The number of nitrogens with two attached hydrogens (primary N) is 1. The molecule has 1 unspecified atom stereocenters. The molecule has 1 amide bonds. The second kappa shape index (κ2) is 7.16. The molecular weight excluding hydrogens is 340 g/mol. The maximum absolute atomic E-state index is 12.8. The standard InChI is InChI=1S/C14H18N2O7S/c1-22-12-3-2-10(24(15,20)21)7-11(12)14(19)16-4-5-23-8-9(16)6-13(17)18/h2-3,7,9H,4-6,8H2,1H3,(H,17,18)(H2,15,20,21). The topological polar surface area (TPSA) is 136 Å². The van der Waals surface area contributed by atoms with Crippen LogP contribution >= 0.6 is 0 Å². The van der Waals surface area contributed by atoms with Gasteiger partial charge >= 0.3 is 5.97 Å². The lowest BCUT2D eigenvalue weighted by atomic mass is 10.1. The van der Waals surface area contributed by atoms with Crippen LogP contribution in [0, 0.1) is 0 Å². The molecular formula is C14H18N2O7S. The molecule has 3 N–H and O–H groups in total. The number of nitrogens with zero attached hydrogens (tertiary/aromatic N) is 1. The predicted molar refractivity (Wildman–Crippen MR) is 82.3 cm³/mol. The van der Waals surface area contributed by atoms with E-state index < -0.39 is 27.9 Å². The Morgan fingerprint density at radius 3 is 2.75 bits per heavy atom. The predicted octanol–water partition coefficient (Wildman–Crippen LogP) is -0.342. The summed E-state index contributed by atoms with van der Waals surface area (Å²) in [7, 11) is -2.65. The first-order valence-corrected chi connectivity index (χ1v) is 8.60. The number of sulfonamides is 1. The fourth-order valence-electron chi connectivity index (χ4n) is 2.48. The zero-order chi connectivity index (χ0) is 17.9. The number of morpholine rings is 1. The number of methoxy groups -OCH3 is 1. The minimum Gasteiger partial charge on any atom is -0.496 e. The summed E-state index contributed by atoms with van der Waals surface area (Å²) in [5.41, 5.74) is 0.00122. The lowest BCUT2D eigenvalue weighted by molar-refractivity contribution is -0.139. The van der Waals surface area contributed by atoms with Crippen LogP contribution in [0.3, 0.4) is 0 Å². The highest BCUT2D eigenvalue weighted by Crippen LogP contribution is 2.25. The summed E-state index contributed by atoms with van der Waals surface area (Å²) in [6.45, 7) is 0.549. The maximum atomic E-state index is 12.8. The molecule has 132 valence electrons. The summed E-state index contributed by atoms with van der Waals surface area (Å²) >= 11 is 0. The molecule has 0 aromatic heterocycles. The number of benzene rings is 1. The number of amides is 1. The average molecular weight is 358 g/mol. The van der Waals surface area contributed by atoms with E-state index in [1.54, 1.807) is 0 Å². The molecule has 1 aliphatic rings. The van der Waals surface area contributed by atoms with Crippen LogP contribution in [-0.2, 0) is 19.6 Å². The second-order valence-corrected chi connectivity index (χ2v) is 6.79. The van der Waals surface area contributed by atoms with E-state index in [-0.39, 0.29) is 42.4 Å². The molecule has 0 spiro atoms. The molecule has 24 heavy (non-hydrogen) atoms. The van der Waals surface area contributed by atoms with Crippen molar-refractivity contribution < 1.29 is 32.6 Å². The number of primary sulfonamides is 1. The molecule has 1 aromatic rings. The van der Waals surface area contributed by atoms with Crippen molar-refractivity contribution in [2.45, 2.75) is 17.4 Å². The van der Waals surface area contributed by atoms with Gasteiger partial charge in [-0.25, -0.2) is 13.6 Å². The Labute approximate surface area is 139 Å². The van der Waals surface area contributed by atoms with Crippen molar-refractivity contribution in [3.8, 4) is 5.75 Å². The summed E-state index contributed by atoms with van der Waals surface area (Å²) < 4.78 is 33.4. The van der Waals surface area contributed by atoms with Crippen molar-refractivity contribution in [3.05, 3.63) is 23.8 Å². The largest absolute Gasteiger partial charge is 0.496 e. The van der Waals surface area contributed by atoms with Gasteiger partial charge in [0, 0.05) is 6.54 Å². The SMILES string of the molecule is COc1ccc(S(N)(=O)=O)cc1C(=O)N1CCOCC1CC(=O)O. The van der Waals surface area contributed by atoms with Crippen LogP contribution in [0.5, 0.6) is 5.75 Å². The molecule has 1 heterocycles. The third-order valence-electron chi connectivity index (χ3n) is 3.63. The van der Waals surface area contributed by atoms with Gasteiger partial charge in [-0.2, -0.15) is 0 Å². The normalized spacial score (nSPS) is 18.2. The summed E-state index contributed by atoms with van der Waals surface area (Å²) in [5.74, 6) is -1.42. The van der Waals surface area contributed by atoms with Crippen molar-refractivity contribution in [2.75, 3.05) is 26.9 Å². The molecule has 0 aliphatic carbocycles.